The van der Waals surface area contributed by atoms with E-state index in [1.807, 2.05) is 54.6 Å². The van der Waals surface area contributed by atoms with Crippen molar-refractivity contribution in [3.05, 3.63) is 65.7 Å². The number of aryl methyl sites for hydroxylation is 1. The molecule has 1 aliphatic rings. The molecule has 1 heterocycles. The number of benzene rings is 2. The molecule has 40 heavy (non-hydrogen) atoms. The number of rotatable bonds is 9. The third-order valence-corrected chi connectivity index (χ3v) is 6.83. The van der Waals surface area contributed by atoms with Crippen LogP contribution in [0.15, 0.2) is 54.6 Å². The average molecular weight is 551 g/mol. The molecule has 0 aromatic heterocycles. The second kappa shape index (κ2) is 14.0. The Kier molecular flexibility index (Phi) is 10.7. The lowest BCUT2D eigenvalue weighted by atomic mass is 9.94. The van der Waals surface area contributed by atoms with Crippen molar-refractivity contribution in [2.24, 2.45) is 5.92 Å². The molecule has 0 spiro atoms. The molecule has 3 N–H and O–H groups in total. The smallest absolute Gasteiger partial charge is 0.408 e. The number of carbonyl (C=O) groups is 4. The SMILES string of the molecule is CCc1ccc(NC(=O)C(C)NC(=O)C2CCN(C(=O)C(Cc3ccccc3)NC(=O)OC(C)(C)C)CC2)cc1. The predicted octanol–water partition coefficient (Wildman–Crippen LogP) is 4.07. The van der Waals surface area contributed by atoms with Crippen molar-refractivity contribution in [1.29, 1.82) is 0 Å². The van der Waals surface area contributed by atoms with Crippen LogP contribution < -0.4 is 16.0 Å². The molecule has 0 bridgehead atoms. The number of likely N-dealkylation sites (tertiary alicyclic amines) is 1. The van der Waals surface area contributed by atoms with Crippen LogP contribution in [0.5, 0.6) is 0 Å². The fraction of sp³-hybridized carbons (Fsp3) is 0.484. The summed E-state index contributed by atoms with van der Waals surface area (Å²) < 4.78 is 5.39. The minimum atomic E-state index is -0.794. The summed E-state index contributed by atoms with van der Waals surface area (Å²) in [6.07, 6.45) is 1.53. The van der Waals surface area contributed by atoms with Crippen LogP contribution in [0, 0.1) is 5.92 Å². The fourth-order valence-electron chi connectivity index (χ4n) is 4.55. The van der Waals surface area contributed by atoms with Crippen molar-refractivity contribution in [3.63, 3.8) is 0 Å². The molecular formula is C31H42N4O5. The predicted molar refractivity (Wildman–Crippen MR) is 155 cm³/mol. The van der Waals surface area contributed by atoms with Gasteiger partial charge in [-0.3, -0.25) is 14.4 Å². The molecule has 2 atom stereocenters. The summed E-state index contributed by atoms with van der Waals surface area (Å²) in [4.78, 5) is 53.2. The summed E-state index contributed by atoms with van der Waals surface area (Å²) in [7, 11) is 0. The Morgan fingerprint density at radius 1 is 0.925 bits per heavy atom. The van der Waals surface area contributed by atoms with Gasteiger partial charge in [0.15, 0.2) is 0 Å². The maximum Gasteiger partial charge on any atom is 0.408 e. The maximum absolute atomic E-state index is 13.5. The molecule has 3 rings (SSSR count). The topological polar surface area (TPSA) is 117 Å². The lowest BCUT2D eigenvalue weighted by Crippen LogP contribution is -2.53. The maximum atomic E-state index is 13.5. The van der Waals surface area contributed by atoms with Gasteiger partial charge in [0.05, 0.1) is 0 Å². The minimum absolute atomic E-state index is 0.205. The lowest BCUT2D eigenvalue weighted by Gasteiger charge is -2.34. The summed E-state index contributed by atoms with van der Waals surface area (Å²) in [5.74, 6) is -1.02. The van der Waals surface area contributed by atoms with Gasteiger partial charge in [-0.1, -0.05) is 49.4 Å². The minimum Gasteiger partial charge on any atom is -0.444 e. The van der Waals surface area contributed by atoms with Crippen molar-refractivity contribution >= 4 is 29.5 Å². The highest BCUT2D eigenvalue weighted by Crippen LogP contribution is 2.20. The molecule has 2 aromatic rings. The molecule has 0 saturated carbocycles. The Morgan fingerprint density at radius 3 is 2.12 bits per heavy atom. The second-order valence-electron chi connectivity index (χ2n) is 11.3. The quantitative estimate of drug-likeness (QED) is 0.435. The molecular weight excluding hydrogens is 508 g/mol. The van der Waals surface area contributed by atoms with Crippen LogP contribution in [-0.4, -0.2) is 59.5 Å². The number of amides is 4. The largest absolute Gasteiger partial charge is 0.444 e. The average Bonchev–Trinajstić information content (AvgIpc) is 2.92. The molecule has 2 aromatic carbocycles. The van der Waals surface area contributed by atoms with Crippen LogP contribution in [-0.2, 0) is 32.0 Å². The summed E-state index contributed by atoms with van der Waals surface area (Å²) in [5, 5.41) is 8.39. The van der Waals surface area contributed by atoms with Gasteiger partial charge in [0, 0.05) is 31.1 Å². The molecule has 1 fully saturated rings. The van der Waals surface area contributed by atoms with Gasteiger partial charge in [0.2, 0.25) is 17.7 Å². The fourth-order valence-corrected chi connectivity index (χ4v) is 4.55. The molecule has 1 saturated heterocycles. The van der Waals surface area contributed by atoms with Gasteiger partial charge in [-0.25, -0.2) is 4.79 Å². The monoisotopic (exact) mass is 550 g/mol. The lowest BCUT2D eigenvalue weighted by molar-refractivity contribution is -0.137. The van der Waals surface area contributed by atoms with Gasteiger partial charge in [0.1, 0.15) is 17.7 Å². The van der Waals surface area contributed by atoms with Gasteiger partial charge >= 0.3 is 6.09 Å². The van der Waals surface area contributed by atoms with Gasteiger partial charge < -0.3 is 25.6 Å². The van der Waals surface area contributed by atoms with Gasteiger partial charge in [-0.05, 0) is 70.2 Å². The van der Waals surface area contributed by atoms with Crippen LogP contribution in [0.2, 0.25) is 0 Å². The summed E-state index contributed by atoms with van der Waals surface area (Å²) in [5.41, 5.74) is 2.08. The first-order valence-corrected chi connectivity index (χ1v) is 14.0. The van der Waals surface area contributed by atoms with Gasteiger partial charge in [-0.2, -0.15) is 0 Å². The van der Waals surface area contributed by atoms with Crippen LogP contribution in [0.25, 0.3) is 0 Å². The number of piperidine rings is 1. The first-order chi connectivity index (χ1) is 18.9. The number of ether oxygens (including phenoxy) is 1. The van der Waals surface area contributed by atoms with E-state index in [2.05, 4.69) is 22.9 Å². The number of nitrogens with zero attached hydrogens (tertiary/aromatic N) is 1. The van der Waals surface area contributed by atoms with Crippen molar-refractivity contribution in [3.8, 4) is 0 Å². The molecule has 0 radical (unpaired) electrons. The highest BCUT2D eigenvalue weighted by Gasteiger charge is 2.33. The van der Waals surface area contributed by atoms with E-state index in [9.17, 15) is 19.2 Å². The molecule has 0 aliphatic carbocycles. The molecule has 1 aliphatic heterocycles. The van der Waals surface area contributed by atoms with Crippen LogP contribution in [0.3, 0.4) is 0 Å². The highest BCUT2D eigenvalue weighted by atomic mass is 16.6. The number of carbonyl (C=O) groups excluding carboxylic acids is 4. The normalized spacial score (nSPS) is 15.5. The van der Waals surface area contributed by atoms with Crippen molar-refractivity contribution < 1.29 is 23.9 Å². The summed E-state index contributed by atoms with van der Waals surface area (Å²) >= 11 is 0. The number of hydrogen-bond donors (Lipinski definition) is 3. The standard InChI is InChI=1S/C31H42N4O5/c1-6-22-12-14-25(15-13-22)33-27(36)21(2)32-28(37)24-16-18-35(19-17-24)29(38)26(20-23-10-8-7-9-11-23)34-30(39)40-31(3,4)5/h7-15,21,24,26H,6,16-20H2,1-5H3,(H,32,37)(H,33,36)(H,34,39). The van der Waals surface area contributed by atoms with Crippen LogP contribution in [0.4, 0.5) is 10.5 Å². The number of alkyl carbamates (subject to hydrolysis) is 1. The molecule has 216 valence electrons. The Hall–Kier alpha value is -3.88. The Morgan fingerprint density at radius 2 is 1.55 bits per heavy atom. The van der Waals surface area contributed by atoms with E-state index < -0.39 is 23.8 Å². The molecule has 9 heteroatoms. The zero-order chi connectivity index (χ0) is 29.3. The van der Waals surface area contributed by atoms with E-state index in [1.54, 1.807) is 32.6 Å². The number of hydrogen-bond acceptors (Lipinski definition) is 5. The molecule has 4 amide bonds. The van der Waals surface area contributed by atoms with E-state index in [4.69, 9.17) is 4.74 Å². The third kappa shape index (κ3) is 9.39. The Bertz CT molecular complexity index is 1150. The first-order valence-electron chi connectivity index (χ1n) is 14.0. The zero-order valence-corrected chi connectivity index (χ0v) is 24.2. The molecule has 9 nitrogen and oxygen atoms in total. The number of nitrogens with one attached hydrogen (secondary N) is 3. The van der Waals surface area contributed by atoms with E-state index in [0.29, 0.717) is 38.0 Å². The van der Waals surface area contributed by atoms with E-state index in [1.165, 1.54) is 5.56 Å². The van der Waals surface area contributed by atoms with Crippen molar-refractivity contribution in [1.82, 2.24) is 15.5 Å². The Balaban J connectivity index is 1.54. The van der Waals surface area contributed by atoms with E-state index >= 15 is 0 Å². The van der Waals surface area contributed by atoms with Crippen LogP contribution in [0.1, 0.15) is 58.6 Å². The zero-order valence-electron chi connectivity index (χ0n) is 24.2. The van der Waals surface area contributed by atoms with E-state index in [0.717, 1.165) is 12.0 Å². The third-order valence-electron chi connectivity index (χ3n) is 6.83. The highest BCUT2D eigenvalue weighted by molar-refractivity contribution is 5.97. The molecule has 2 unspecified atom stereocenters. The van der Waals surface area contributed by atoms with Crippen LogP contribution >= 0.6 is 0 Å². The summed E-state index contributed by atoms with van der Waals surface area (Å²) in [6, 6.07) is 15.6. The first kappa shape index (κ1) is 30.7. The van der Waals surface area contributed by atoms with Crippen molar-refractivity contribution in [2.45, 2.75) is 78.0 Å². The van der Waals surface area contributed by atoms with E-state index in [-0.39, 0.29) is 23.6 Å². The number of anilines is 1. The second-order valence-corrected chi connectivity index (χ2v) is 11.3. The summed E-state index contributed by atoms with van der Waals surface area (Å²) in [6.45, 7) is 9.78. The Labute approximate surface area is 237 Å². The van der Waals surface area contributed by atoms with Gasteiger partial charge in [-0.15, -0.1) is 0 Å². The van der Waals surface area contributed by atoms with Gasteiger partial charge in [0.25, 0.3) is 0 Å². The van der Waals surface area contributed by atoms with Crippen molar-refractivity contribution in [2.75, 3.05) is 18.4 Å².